The van der Waals surface area contributed by atoms with Gasteiger partial charge in [0.05, 0.1) is 12.1 Å². The van der Waals surface area contributed by atoms with Gasteiger partial charge in [-0.05, 0) is 26.1 Å². The molecule has 5 nitrogen and oxygen atoms in total. The third-order valence-corrected chi connectivity index (χ3v) is 2.18. The molecule has 0 amide bonds. The Hall–Kier alpha value is -0.880. The number of H-pyrrole nitrogens is 2. The minimum Gasteiger partial charge on any atom is -0.377 e. The summed E-state index contributed by atoms with van der Waals surface area (Å²) < 4.78 is 7.00. The average molecular weight is 203 g/mol. The van der Waals surface area contributed by atoms with Gasteiger partial charge in [0.25, 0.3) is 0 Å². The molecule has 0 bridgehead atoms. The first kappa shape index (κ1) is 10.2. The zero-order chi connectivity index (χ0) is 10.1. The summed E-state index contributed by atoms with van der Waals surface area (Å²) >= 11 is 4.91. The highest BCUT2D eigenvalue weighted by atomic mass is 32.1. The summed E-state index contributed by atoms with van der Waals surface area (Å²) in [5.41, 5.74) is -0.636. The van der Waals surface area contributed by atoms with E-state index < -0.39 is 5.60 Å². The lowest BCUT2D eigenvalue weighted by atomic mass is 10.1. The summed E-state index contributed by atoms with van der Waals surface area (Å²) in [6, 6.07) is 0. The van der Waals surface area contributed by atoms with Crippen LogP contribution in [0.25, 0.3) is 0 Å². The van der Waals surface area contributed by atoms with Crippen molar-refractivity contribution in [2.45, 2.75) is 26.0 Å². The molecule has 6 heteroatoms. The van der Waals surface area contributed by atoms with E-state index in [1.807, 2.05) is 13.8 Å². The number of hydrogen-bond donors (Lipinski definition) is 2. The van der Waals surface area contributed by atoms with Gasteiger partial charge in [-0.15, -0.1) is 0 Å². The Balaban J connectivity index is 2.99. The Morgan fingerprint density at radius 1 is 1.54 bits per heavy atom. The summed E-state index contributed by atoms with van der Waals surface area (Å²) in [5.74, 6) is 0. The molecule has 0 unspecified atom stereocenters. The van der Waals surface area contributed by atoms with E-state index >= 15 is 0 Å². The highest BCUT2D eigenvalue weighted by Gasteiger charge is 2.18. The van der Waals surface area contributed by atoms with E-state index in [1.165, 1.54) is 4.57 Å². The second kappa shape index (κ2) is 3.47. The minimum absolute atomic E-state index is 0.241. The molecule has 0 aliphatic heterocycles. The summed E-state index contributed by atoms with van der Waals surface area (Å²) in [4.78, 5) is 11.2. The smallest absolute Gasteiger partial charge is 0.342 e. The molecule has 0 aromatic carbocycles. The van der Waals surface area contributed by atoms with E-state index in [0.717, 1.165) is 0 Å². The fourth-order valence-corrected chi connectivity index (χ4v) is 1.12. The van der Waals surface area contributed by atoms with E-state index in [9.17, 15) is 4.79 Å². The third kappa shape index (κ3) is 2.28. The van der Waals surface area contributed by atoms with Crippen LogP contribution in [-0.2, 0) is 11.3 Å². The van der Waals surface area contributed by atoms with Crippen molar-refractivity contribution >= 4 is 12.2 Å². The minimum atomic E-state index is -0.395. The Bertz CT molecular complexity index is 359. The quantitative estimate of drug-likeness (QED) is 0.709. The number of ether oxygens (including phenoxy) is 1. The Morgan fingerprint density at radius 2 is 2.15 bits per heavy atom. The van der Waals surface area contributed by atoms with Gasteiger partial charge in [-0.1, -0.05) is 0 Å². The van der Waals surface area contributed by atoms with E-state index in [4.69, 9.17) is 17.0 Å². The van der Waals surface area contributed by atoms with Crippen molar-refractivity contribution in [3.63, 3.8) is 0 Å². The molecule has 0 saturated heterocycles. The Morgan fingerprint density at radius 3 is 2.54 bits per heavy atom. The van der Waals surface area contributed by atoms with Crippen LogP contribution in [-0.4, -0.2) is 27.5 Å². The molecule has 1 aromatic rings. The van der Waals surface area contributed by atoms with Crippen LogP contribution in [0, 0.1) is 4.77 Å². The zero-order valence-electron chi connectivity index (χ0n) is 7.88. The van der Waals surface area contributed by atoms with Gasteiger partial charge in [0.1, 0.15) is 0 Å². The number of rotatable bonds is 3. The second-order valence-electron chi connectivity index (χ2n) is 3.41. The topological polar surface area (TPSA) is 62.8 Å². The summed E-state index contributed by atoms with van der Waals surface area (Å²) in [6.45, 7) is 4.21. The van der Waals surface area contributed by atoms with Crippen molar-refractivity contribution in [3.05, 3.63) is 15.3 Å². The molecule has 0 fully saturated rings. The van der Waals surface area contributed by atoms with Crippen LogP contribution in [0.4, 0.5) is 0 Å². The maximum atomic E-state index is 11.2. The maximum Gasteiger partial charge on any atom is 0.342 e. The zero-order valence-corrected chi connectivity index (χ0v) is 8.70. The fraction of sp³-hybridized carbons (Fsp3) is 0.714. The highest BCUT2D eigenvalue weighted by molar-refractivity contribution is 7.71. The summed E-state index contributed by atoms with van der Waals surface area (Å²) in [5, 5.41) is 4.97. The molecule has 0 aliphatic carbocycles. The van der Waals surface area contributed by atoms with Crippen LogP contribution in [0.15, 0.2) is 4.79 Å². The largest absolute Gasteiger partial charge is 0.377 e. The molecule has 0 spiro atoms. The molecule has 1 rings (SSSR count). The van der Waals surface area contributed by atoms with Crippen molar-refractivity contribution in [1.82, 2.24) is 14.8 Å². The van der Waals surface area contributed by atoms with Gasteiger partial charge in [0.2, 0.25) is 0 Å². The van der Waals surface area contributed by atoms with Crippen LogP contribution in [0.5, 0.6) is 0 Å². The first-order chi connectivity index (χ1) is 5.96. The predicted octanol–water partition coefficient (Wildman–Crippen LogP) is 0.659. The lowest BCUT2D eigenvalue weighted by Gasteiger charge is -2.22. The number of nitrogens with one attached hydrogen (secondary N) is 2. The normalized spacial score (nSPS) is 11.9. The molecule has 0 atom stereocenters. The SMILES string of the molecule is COC(C)(C)Cn1c(=O)[nH][nH]c1=S. The predicted molar refractivity (Wildman–Crippen MR) is 51.3 cm³/mol. The van der Waals surface area contributed by atoms with Crippen molar-refractivity contribution in [2.24, 2.45) is 0 Å². The lowest BCUT2D eigenvalue weighted by Crippen LogP contribution is -2.33. The number of hydrogen-bond acceptors (Lipinski definition) is 3. The molecule has 1 aromatic heterocycles. The van der Waals surface area contributed by atoms with Gasteiger partial charge in [-0.2, -0.15) is 0 Å². The maximum absolute atomic E-state index is 11.2. The molecule has 0 saturated carbocycles. The molecule has 13 heavy (non-hydrogen) atoms. The first-order valence-electron chi connectivity index (χ1n) is 3.89. The second-order valence-corrected chi connectivity index (χ2v) is 3.80. The fourth-order valence-electron chi connectivity index (χ4n) is 0.923. The highest BCUT2D eigenvalue weighted by Crippen LogP contribution is 2.09. The van der Waals surface area contributed by atoms with Gasteiger partial charge in [0.15, 0.2) is 4.77 Å². The van der Waals surface area contributed by atoms with Crippen LogP contribution in [0.3, 0.4) is 0 Å². The molecule has 2 N–H and O–H groups in total. The average Bonchev–Trinajstić information content (AvgIpc) is 2.36. The van der Waals surface area contributed by atoms with Crippen LogP contribution in [0.2, 0.25) is 0 Å². The van der Waals surface area contributed by atoms with Crippen molar-refractivity contribution in [2.75, 3.05) is 7.11 Å². The Kier molecular flexibility index (Phi) is 2.72. The third-order valence-electron chi connectivity index (χ3n) is 1.86. The molecule has 1 heterocycles. The standard InChI is InChI=1S/C7H13N3O2S/c1-7(2,12-3)4-10-5(11)8-9-6(10)13/h4H2,1-3H3,(H,8,11)(H,9,13). The van der Waals surface area contributed by atoms with Crippen LogP contribution >= 0.6 is 12.2 Å². The van der Waals surface area contributed by atoms with Gasteiger partial charge in [-0.3, -0.25) is 9.67 Å². The van der Waals surface area contributed by atoms with E-state index in [1.54, 1.807) is 7.11 Å². The molecular weight excluding hydrogens is 190 g/mol. The Labute approximate surface area is 80.7 Å². The van der Waals surface area contributed by atoms with Crippen LogP contribution in [0.1, 0.15) is 13.8 Å². The number of methoxy groups -OCH3 is 1. The van der Waals surface area contributed by atoms with E-state index in [0.29, 0.717) is 11.3 Å². The number of nitrogens with zero attached hydrogens (tertiary/aromatic N) is 1. The number of aromatic amines is 2. The molecule has 0 radical (unpaired) electrons. The van der Waals surface area contributed by atoms with Crippen molar-refractivity contribution in [1.29, 1.82) is 0 Å². The van der Waals surface area contributed by atoms with E-state index in [2.05, 4.69) is 10.2 Å². The molecular formula is C7H13N3O2S. The van der Waals surface area contributed by atoms with Gasteiger partial charge < -0.3 is 4.74 Å². The summed E-state index contributed by atoms with van der Waals surface area (Å²) in [7, 11) is 1.60. The summed E-state index contributed by atoms with van der Waals surface area (Å²) in [6.07, 6.45) is 0. The van der Waals surface area contributed by atoms with Crippen molar-refractivity contribution < 1.29 is 4.74 Å². The van der Waals surface area contributed by atoms with Gasteiger partial charge in [-0.25, -0.2) is 9.89 Å². The molecule has 0 aliphatic rings. The lowest BCUT2D eigenvalue weighted by molar-refractivity contribution is 0.00710. The van der Waals surface area contributed by atoms with Crippen molar-refractivity contribution in [3.8, 4) is 0 Å². The monoisotopic (exact) mass is 203 g/mol. The number of aromatic nitrogens is 3. The van der Waals surface area contributed by atoms with E-state index in [-0.39, 0.29) is 5.69 Å². The van der Waals surface area contributed by atoms with Gasteiger partial charge >= 0.3 is 5.69 Å². The van der Waals surface area contributed by atoms with Crippen LogP contribution < -0.4 is 5.69 Å². The molecule has 74 valence electrons. The first-order valence-corrected chi connectivity index (χ1v) is 4.30. The van der Waals surface area contributed by atoms with Gasteiger partial charge in [0, 0.05) is 7.11 Å².